The lowest BCUT2D eigenvalue weighted by molar-refractivity contribution is 0.476. The molecule has 0 atom stereocenters. The Hall–Kier alpha value is -2.02. The minimum absolute atomic E-state index is 0.321. The average molecular weight is 208 g/mol. The van der Waals surface area contributed by atoms with Crippen LogP contribution in [0.15, 0.2) is 48.5 Å². The summed E-state index contributed by atoms with van der Waals surface area (Å²) in [5, 5.41) is 14.3. The second-order valence-electron chi connectivity index (χ2n) is 4.13. The summed E-state index contributed by atoms with van der Waals surface area (Å²) in [5.41, 5.74) is 1.27. The van der Waals surface area contributed by atoms with Crippen molar-refractivity contribution in [3.05, 3.63) is 54.1 Å². The van der Waals surface area contributed by atoms with E-state index in [1.54, 1.807) is 6.07 Å². The van der Waals surface area contributed by atoms with Crippen molar-refractivity contribution in [2.45, 2.75) is 6.92 Å². The van der Waals surface area contributed by atoms with Gasteiger partial charge in [-0.05, 0) is 52.2 Å². The van der Waals surface area contributed by atoms with Gasteiger partial charge in [0, 0.05) is 0 Å². The van der Waals surface area contributed by atoms with E-state index in [2.05, 4.69) is 31.2 Å². The molecule has 0 saturated carbocycles. The first-order valence-corrected chi connectivity index (χ1v) is 5.37. The van der Waals surface area contributed by atoms with Crippen LogP contribution in [0.5, 0.6) is 5.75 Å². The monoisotopic (exact) mass is 208 g/mol. The highest BCUT2D eigenvalue weighted by Gasteiger charge is 2.03. The Morgan fingerprint density at radius 2 is 1.56 bits per heavy atom. The van der Waals surface area contributed by atoms with Crippen molar-refractivity contribution in [1.82, 2.24) is 0 Å². The van der Waals surface area contributed by atoms with E-state index in [0.29, 0.717) is 5.75 Å². The molecule has 3 aromatic rings. The Bertz CT molecular complexity index is 683. The SMILES string of the molecule is Cc1c2ccccc2cc2cc(O)ccc12. The van der Waals surface area contributed by atoms with Crippen LogP contribution in [0.4, 0.5) is 0 Å². The van der Waals surface area contributed by atoms with Gasteiger partial charge in [0.2, 0.25) is 0 Å². The van der Waals surface area contributed by atoms with Crippen LogP contribution in [0.3, 0.4) is 0 Å². The van der Waals surface area contributed by atoms with Crippen molar-refractivity contribution < 1.29 is 5.11 Å². The van der Waals surface area contributed by atoms with Gasteiger partial charge in [-0.2, -0.15) is 0 Å². The molecule has 1 N–H and O–H groups in total. The van der Waals surface area contributed by atoms with Crippen molar-refractivity contribution in [3.8, 4) is 5.75 Å². The van der Waals surface area contributed by atoms with E-state index in [1.165, 1.54) is 21.7 Å². The third-order valence-corrected chi connectivity index (χ3v) is 3.11. The minimum Gasteiger partial charge on any atom is -0.508 e. The molecule has 0 aliphatic rings. The highest BCUT2D eigenvalue weighted by molar-refractivity contribution is 6.02. The lowest BCUT2D eigenvalue weighted by Gasteiger charge is -2.07. The first kappa shape index (κ1) is 9.22. The molecular weight excluding hydrogens is 196 g/mol. The average Bonchev–Trinajstić information content (AvgIpc) is 2.29. The van der Waals surface area contributed by atoms with Crippen LogP contribution in [-0.2, 0) is 0 Å². The molecule has 0 heterocycles. The zero-order valence-electron chi connectivity index (χ0n) is 9.07. The number of hydrogen-bond donors (Lipinski definition) is 1. The maximum absolute atomic E-state index is 9.49. The molecule has 0 aromatic heterocycles. The minimum atomic E-state index is 0.321. The van der Waals surface area contributed by atoms with Crippen LogP contribution in [-0.4, -0.2) is 5.11 Å². The standard InChI is InChI=1S/C15H12O/c1-10-14-5-3-2-4-11(14)8-12-9-13(16)6-7-15(10)12/h2-9,16H,1H3. The molecule has 0 unspecified atom stereocenters. The largest absolute Gasteiger partial charge is 0.508 e. The van der Waals surface area contributed by atoms with Crippen molar-refractivity contribution in [2.24, 2.45) is 0 Å². The molecular formula is C15H12O. The molecule has 1 nitrogen and oxygen atoms in total. The Morgan fingerprint density at radius 1 is 0.812 bits per heavy atom. The molecule has 16 heavy (non-hydrogen) atoms. The van der Waals surface area contributed by atoms with Crippen molar-refractivity contribution in [1.29, 1.82) is 0 Å². The van der Waals surface area contributed by atoms with Gasteiger partial charge < -0.3 is 5.11 Å². The number of benzene rings is 3. The fourth-order valence-corrected chi connectivity index (χ4v) is 2.29. The summed E-state index contributed by atoms with van der Waals surface area (Å²) in [4.78, 5) is 0. The molecule has 0 amide bonds. The van der Waals surface area contributed by atoms with Crippen molar-refractivity contribution >= 4 is 21.5 Å². The first-order valence-electron chi connectivity index (χ1n) is 5.37. The predicted molar refractivity (Wildman–Crippen MR) is 67.9 cm³/mol. The molecule has 0 fully saturated rings. The molecule has 0 bridgehead atoms. The van der Waals surface area contributed by atoms with Gasteiger partial charge >= 0.3 is 0 Å². The van der Waals surface area contributed by atoms with Crippen molar-refractivity contribution in [3.63, 3.8) is 0 Å². The molecule has 0 saturated heterocycles. The van der Waals surface area contributed by atoms with E-state index in [4.69, 9.17) is 0 Å². The Labute approximate surface area is 94.0 Å². The zero-order chi connectivity index (χ0) is 11.1. The topological polar surface area (TPSA) is 20.2 Å². The van der Waals surface area contributed by atoms with Gasteiger partial charge in [-0.15, -0.1) is 0 Å². The number of rotatable bonds is 0. The van der Waals surface area contributed by atoms with E-state index in [0.717, 1.165) is 5.39 Å². The van der Waals surface area contributed by atoms with Gasteiger partial charge in [-0.3, -0.25) is 0 Å². The lowest BCUT2D eigenvalue weighted by Crippen LogP contribution is -1.82. The second kappa shape index (κ2) is 3.24. The third-order valence-electron chi connectivity index (χ3n) is 3.11. The molecule has 3 rings (SSSR count). The second-order valence-corrected chi connectivity index (χ2v) is 4.13. The van der Waals surface area contributed by atoms with Gasteiger partial charge in [-0.25, -0.2) is 0 Å². The van der Waals surface area contributed by atoms with E-state index in [9.17, 15) is 5.11 Å². The Balaban J connectivity index is 2.55. The maximum atomic E-state index is 9.49. The number of phenols is 1. The summed E-state index contributed by atoms with van der Waals surface area (Å²) < 4.78 is 0. The molecule has 78 valence electrons. The number of fused-ring (bicyclic) bond motifs is 2. The number of phenolic OH excluding ortho intramolecular Hbond substituents is 1. The zero-order valence-corrected chi connectivity index (χ0v) is 9.07. The normalized spacial score (nSPS) is 11.1. The first-order chi connectivity index (χ1) is 7.75. The molecule has 1 heteroatoms. The highest BCUT2D eigenvalue weighted by atomic mass is 16.3. The van der Waals surface area contributed by atoms with E-state index < -0.39 is 0 Å². The lowest BCUT2D eigenvalue weighted by atomic mass is 9.98. The molecule has 0 aliphatic carbocycles. The maximum Gasteiger partial charge on any atom is 0.116 e. The smallest absolute Gasteiger partial charge is 0.116 e. The summed E-state index contributed by atoms with van der Waals surface area (Å²) in [5.74, 6) is 0.321. The number of aromatic hydroxyl groups is 1. The van der Waals surface area contributed by atoms with Crippen LogP contribution in [0.1, 0.15) is 5.56 Å². The Morgan fingerprint density at radius 3 is 2.44 bits per heavy atom. The fourth-order valence-electron chi connectivity index (χ4n) is 2.29. The summed E-state index contributed by atoms with van der Waals surface area (Å²) >= 11 is 0. The van der Waals surface area contributed by atoms with Crippen LogP contribution in [0, 0.1) is 6.92 Å². The Kier molecular flexibility index (Phi) is 1.87. The third kappa shape index (κ3) is 1.25. The van der Waals surface area contributed by atoms with Crippen LogP contribution < -0.4 is 0 Å². The van der Waals surface area contributed by atoms with Crippen molar-refractivity contribution in [2.75, 3.05) is 0 Å². The van der Waals surface area contributed by atoms with Crippen LogP contribution in [0.2, 0.25) is 0 Å². The van der Waals surface area contributed by atoms with Gasteiger partial charge in [0.05, 0.1) is 0 Å². The van der Waals surface area contributed by atoms with Gasteiger partial charge in [0.25, 0.3) is 0 Å². The van der Waals surface area contributed by atoms with E-state index >= 15 is 0 Å². The summed E-state index contributed by atoms with van der Waals surface area (Å²) in [6.07, 6.45) is 0. The molecule has 0 spiro atoms. The molecule has 0 radical (unpaired) electrons. The van der Waals surface area contributed by atoms with Crippen LogP contribution >= 0.6 is 0 Å². The number of hydrogen-bond acceptors (Lipinski definition) is 1. The van der Waals surface area contributed by atoms with Gasteiger partial charge in [-0.1, -0.05) is 30.3 Å². The van der Waals surface area contributed by atoms with Gasteiger partial charge in [0.15, 0.2) is 0 Å². The summed E-state index contributed by atoms with van der Waals surface area (Å²) in [6, 6.07) is 16.0. The molecule has 0 aliphatic heterocycles. The van der Waals surface area contributed by atoms with Gasteiger partial charge in [0.1, 0.15) is 5.75 Å². The quantitative estimate of drug-likeness (QED) is 0.553. The highest BCUT2D eigenvalue weighted by Crippen LogP contribution is 2.29. The summed E-state index contributed by atoms with van der Waals surface area (Å²) in [6.45, 7) is 2.13. The van der Waals surface area contributed by atoms with E-state index in [1.807, 2.05) is 18.2 Å². The van der Waals surface area contributed by atoms with Crippen LogP contribution in [0.25, 0.3) is 21.5 Å². The summed E-state index contributed by atoms with van der Waals surface area (Å²) in [7, 11) is 0. The number of aryl methyl sites for hydroxylation is 1. The van der Waals surface area contributed by atoms with E-state index in [-0.39, 0.29) is 0 Å². The predicted octanol–water partition coefficient (Wildman–Crippen LogP) is 4.01. The molecule has 3 aromatic carbocycles. The fraction of sp³-hybridized carbons (Fsp3) is 0.0667.